The van der Waals surface area contributed by atoms with Crippen LogP contribution in [-0.4, -0.2) is 54.3 Å². The summed E-state index contributed by atoms with van der Waals surface area (Å²) < 4.78 is 17.0. The highest BCUT2D eigenvalue weighted by Gasteiger charge is 2.12. The molecule has 6 heteroatoms. The van der Waals surface area contributed by atoms with Crippen molar-refractivity contribution >= 4 is 11.1 Å². The number of hydrogen-bond donors (Lipinski definition) is 0. The van der Waals surface area contributed by atoms with E-state index < -0.39 is 0 Å². The van der Waals surface area contributed by atoms with Gasteiger partial charge < -0.3 is 13.9 Å². The summed E-state index contributed by atoms with van der Waals surface area (Å²) in [7, 11) is 0. The van der Waals surface area contributed by atoms with Gasteiger partial charge in [-0.25, -0.2) is 0 Å². The van der Waals surface area contributed by atoms with Crippen molar-refractivity contribution in [2.24, 2.45) is 0 Å². The molecule has 0 amide bonds. The van der Waals surface area contributed by atoms with Crippen molar-refractivity contribution in [1.29, 1.82) is 0 Å². The van der Waals surface area contributed by atoms with Crippen LogP contribution >= 0.6 is 0 Å². The lowest BCUT2D eigenvalue weighted by molar-refractivity contribution is 0.0323. The van der Waals surface area contributed by atoms with Crippen LogP contribution in [-0.2, 0) is 4.74 Å². The molecule has 0 bridgehead atoms. The third-order valence-corrected chi connectivity index (χ3v) is 4.13. The Bertz CT molecular complexity index is 922. The summed E-state index contributed by atoms with van der Waals surface area (Å²) in [4.78, 5) is 10.8. The Morgan fingerprint density at radius 2 is 2.04 bits per heavy atom. The molecule has 1 aliphatic heterocycles. The van der Waals surface area contributed by atoms with Crippen molar-refractivity contribution in [3.63, 3.8) is 0 Å². The van der Waals surface area contributed by atoms with Crippen molar-refractivity contribution in [2.45, 2.75) is 0 Å². The lowest BCUT2D eigenvalue weighted by atomic mass is 10.3. The molecule has 4 rings (SSSR count). The van der Waals surface area contributed by atoms with Gasteiger partial charge in [0, 0.05) is 37.6 Å². The predicted octanol–water partition coefficient (Wildman–Crippen LogP) is 2.33. The van der Waals surface area contributed by atoms with Crippen molar-refractivity contribution in [2.75, 3.05) is 39.5 Å². The van der Waals surface area contributed by atoms with E-state index in [-0.39, 0.29) is 0 Å². The highest BCUT2D eigenvalue weighted by atomic mass is 16.5. The molecule has 0 spiro atoms. The molecule has 0 radical (unpaired) electrons. The smallest absolute Gasteiger partial charge is 0.274 e. The van der Waals surface area contributed by atoms with Gasteiger partial charge in [0.15, 0.2) is 11.1 Å². The van der Waals surface area contributed by atoms with E-state index in [1.165, 1.54) is 0 Å². The van der Waals surface area contributed by atoms with Crippen LogP contribution in [0.15, 0.2) is 47.1 Å². The molecule has 132 valence electrons. The Labute approximate surface area is 151 Å². The molecular weight excluding hydrogens is 330 g/mol. The van der Waals surface area contributed by atoms with E-state index in [0.717, 1.165) is 38.4 Å². The minimum Gasteiger partial charge on any atom is -0.490 e. The number of aromatic nitrogens is 2. The van der Waals surface area contributed by atoms with Crippen LogP contribution < -0.4 is 4.74 Å². The third-order valence-electron chi connectivity index (χ3n) is 4.13. The average Bonchev–Trinajstić information content (AvgIpc) is 3.12. The van der Waals surface area contributed by atoms with Crippen LogP contribution in [0.4, 0.5) is 0 Å². The lowest BCUT2D eigenvalue weighted by Gasteiger charge is -2.26. The first-order chi connectivity index (χ1) is 12.9. The first kappa shape index (κ1) is 16.6. The molecule has 26 heavy (non-hydrogen) atoms. The molecular formula is C20H19N3O3. The summed E-state index contributed by atoms with van der Waals surface area (Å²) in [6.07, 6.45) is 3.42. The minimum absolute atomic E-state index is 0.369. The maximum atomic E-state index is 5.93. The van der Waals surface area contributed by atoms with Crippen LogP contribution in [0.5, 0.6) is 5.75 Å². The Kier molecular flexibility index (Phi) is 5.10. The minimum atomic E-state index is 0.369. The summed E-state index contributed by atoms with van der Waals surface area (Å²) >= 11 is 0. The first-order valence-electron chi connectivity index (χ1n) is 8.63. The first-order valence-corrected chi connectivity index (χ1v) is 8.63. The fraction of sp³-hybridized carbons (Fsp3) is 0.300. The number of oxazole rings is 1. The van der Waals surface area contributed by atoms with Gasteiger partial charge in [0.1, 0.15) is 12.4 Å². The van der Waals surface area contributed by atoms with Gasteiger partial charge in [-0.15, -0.1) is 0 Å². The Morgan fingerprint density at radius 1 is 1.12 bits per heavy atom. The van der Waals surface area contributed by atoms with Gasteiger partial charge >= 0.3 is 0 Å². The zero-order valence-electron chi connectivity index (χ0n) is 14.4. The normalized spacial score (nSPS) is 14.8. The number of para-hydroxylation sites is 1. The Hall–Kier alpha value is -2.88. The van der Waals surface area contributed by atoms with E-state index in [0.29, 0.717) is 29.3 Å². The number of pyridine rings is 1. The molecule has 1 saturated heterocycles. The van der Waals surface area contributed by atoms with Gasteiger partial charge in [-0.2, -0.15) is 4.98 Å². The van der Waals surface area contributed by atoms with Crippen molar-refractivity contribution in [1.82, 2.24) is 14.9 Å². The summed E-state index contributed by atoms with van der Waals surface area (Å²) in [5.74, 6) is 7.02. The highest BCUT2D eigenvalue weighted by molar-refractivity contribution is 5.80. The average molecular weight is 349 g/mol. The van der Waals surface area contributed by atoms with Crippen LogP contribution in [0.3, 0.4) is 0 Å². The van der Waals surface area contributed by atoms with E-state index in [9.17, 15) is 0 Å². The molecule has 0 unspecified atom stereocenters. The largest absolute Gasteiger partial charge is 0.490 e. The topological polar surface area (TPSA) is 60.6 Å². The number of morpholine rings is 1. The molecule has 0 saturated carbocycles. The maximum Gasteiger partial charge on any atom is 0.274 e. The van der Waals surface area contributed by atoms with E-state index in [1.54, 1.807) is 12.4 Å². The van der Waals surface area contributed by atoms with E-state index in [4.69, 9.17) is 13.9 Å². The molecule has 3 aromatic rings. The zero-order chi connectivity index (χ0) is 17.6. The molecule has 2 aromatic heterocycles. The molecule has 6 nitrogen and oxygen atoms in total. The van der Waals surface area contributed by atoms with Crippen LogP contribution in [0, 0.1) is 11.8 Å². The number of benzene rings is 1. The quantitative estimate of drug-likeness (QED) is 0.674. The fourth-order valence-electron chi connectivity index (χ4n) is 2.77. The Balaban J connectivity index is 1.46. The van der Waals surface area contributed by atoms with Gasteiger partial charge in [-0.05, 0) is 30.2 Å². The zero-order valence-corrected chi connectivity index (χ0v) is 14.4. The molecule has 3 heterocycles. The second-order valence-electron chi connectivity index (χ2n) is 5.92. The standard InChI is InChI=1S/C20H19N3O3/c1-4-17(25-14-11-23-9-12-24-13-10-23)20-18(5-1)26-19(22-20)7-6-16-3-2-8-21-15-16/h1-5,8,15H,9-14H2. The SMILES string of the molecule is C(#Cc1nc2c(OCCN3CCOCC3)cccc2o1)c1cccnc1. The maximum absolute atomic E-state index is 5.93. The molecule has 1 aliphatic rings. The molecule has 0 aliphatic carbocycles. The fourth-order valence-corrected chi connectivity index (χ4v) is 2.77. The van der Waals surface area contributed by atoms with Gasteiger partial charge in [-0.3, -0.25) is 9.88 Å². The second kappa shape index (κ2) is 8.00. The molecule has 1 fully saturated rings. The lowest BCUT2D eigenvalue weighted by Crippen LogP contribution is -2.38. The van der Waals surface area contributed by atoms with Crippen LogP contribution in [0.25, 0.3) is 11.1 Å². The van der Waals surface area contributed by atoms with Gasteiger partial charge in [-0.1, -0.05) is 12.0 Å². The third kappa shape index (κ3) is 4.02. The summed E-state index contributed by atoms with van der Waals surface area (Å²) in [6, 6.07) is 9.41. The predicted molar refractivity (Wildman–Crippen MR) is 97.0 cm³/mol. The molecule has 1 aromatic carbocycles. The van der Waals surface area contributed by atoms with Gasteiger partial charge in [0.25, 0.3) is 5.89 Å². The van der Waals surface area contributed by atoms with Gasteiger partial charge in [0.2, 0.25) is 0 Å². The van der Waals surface area contributed by atoms with Crippen molar-refractivity contribution < 1.29 is 13.9 Å². The van der Waals surface area contributed by atoms with E-state index in [2.05, 4.69) is 26.7 Å². The monoisotopic (exact) mass is 349 g/mol. The van der Waals surface area contributed by atoms with E-state index >= 15 is 0 Å². The number of hydrogen-bond acceptors (Lipinski definition) is 6. The Morgan fingerprint density at radius 3 is 2.88 bits per heavy atom. The second-order valence-corrected chi connectivity index (χ2v) is 5.92. The summed E-state index contributed by atoms with van der Waals surface area (Å²) in [5, 5.41) is 0. The highest BCUT2D eigenvalue weighted by Crippen LogP contribution is 2.25. The molecule has 0 atom stereocenters. The number of nitrogens with zero attached hydrogens (tertiary/aromatic N) is 3. The number of fused-ring (bicyclic) bond motifs is 1. The number of rotatable bonds is 4. The number of ether oxygens (including phenoxy) is 2. The van der Waals surface area contributed by atoms with Gasteiger partial charge in [0.05, 0.1) is 13.2 Å². The van der Waals surface area contributed by atoms with E-state index in [1.807, 2.05) is 30.3 Å². The van der Waals surface area contributed by atoms with Crippen LogP contribution in [0.1, 0.15) is 11.5 Å². The van der Waals surface area contributed by atoms with Crippen molar-refractivity contribution in [3.8, 4) is 17.6 Å². The van der Waals surface area contributed by atoms with Crippen LogP contribution in [0.2, 0.25) is 0 Å². The summed E-state index contributed by atoms with van der Waals surface area (Å²) in [5.41, 5.74) is 2.19. The summed E-state index contributed by atoms with van der Waals surface area (Å²) in [6.45, 7) is 4.95. The molecule has 0 N–H and O–H groups in total. The van der Waals surface area contributed by atoms with Crippen molar-refractivity contribution in [3.05, 3.63) is 54.2 Å².